The molecule has 0 amide bonds. The van der Waals surface area contributed by atoms with Gasteiger partial charge in [-0.1, -0.05) is 11.6 Å². The van der Waals surface area contributed by atoms with E-state index in [4.69, 9.17) is 11.6 Å². The van der Waals surface area contributed by atoms with Crippen LogP contribution in [0.2, 0.25) is 5.02 Å². The fraction of sp³-hybridized carbons (Fsp3) is 0.250. The van der Waals surface area contributed by atoms with E-state index in [1.54, 1.807) is 0 Å². The van der Waals surface area contributed by atoms with E-state index in [9.17, 15) is 0 Å². The molecule has 0 saturated carbocycles. The van der Waals surface area contributed by atoms with E-state index < -0.39 is 0 Å². The minimum atomic E-state index is 0.756. The predicted octanol–water partition coefficient (Wildman–Crippen LogP) is 2.17. The lowest BCUT2D eigenvalue weighted by atomic mass is 10.1. The van der Waals surface area contributed by atoms with Crippen LogP contribution in [-0.2, 0) is 13.0 Å². The van der Waals surface area contributed by atoms with Gasteiger partial charge in [0.2, 0.25) is 0 Å². The van der Waals surface area contributed by atoms with Crippen molar-refractivity contribution < 1.29 is 0 Å². The van der Waals surface area contributed by atoms with Crippen molar-refractivity contribution >= 4 is 11.6 Å². The van der Waals surface area contributed by atoms with E-state index in [0.29, 0.717) is 0 Å². The minimum Gasteiger partial charge on any atom is -0.312 e. The highest BCUT2D eigenvalue weighted by molar-refractivity contribution is 6.30. The number of nitrogens with zero attached hydrogens (tertiary/aromatic N) is 2. The second kappa shape index (κ2) is 3.92. The highest BCUT2D eigenvalue weighted by Crippen LogP contribution is 2.19. The molecule has 1 aliphatic rings. The topological polar surface area (TPSA) is 29.9 Å². The molecule has 0 spiro atoms. The summed E-state index contributed by atoms with van der Waals surface area (Å²) in [5.41, 5.74) is 3.68. The Morgan fingerprint density at radius 3 is 2.88 bits per heavy atom. The number of rotatable bonds is 1. The standard InChI is InChI=1S/C12H12ClN3/c13-10-1-3-11(4-2-10)16-12-5-6-14-7-9(12)8-15-16/h1-4,8,14H,5-7H2. The van der Waals surface area contributed by atoms with E-state index in [1.165, 1.54) is 11.3 Å². The third kappa shape index (κ3) is 1.62. The molecule has 1 N–H and O–H groups in total. The Morgan fingerprint density at radius 2 is 2.06 bits per heavy atom. The first kappa shape index (κ1) is 9.87. The molecule has 0 fully saturated rings. The molecule has 3 rings (SSSR count). The summed E-state index contributed by atoms with van der Waals surface area (Å²) < 4.78 is 2.01. The molecule has 2 heterocycles. The molecule has 16 heavy (non-hydrogen) atoms. The van der Waals surface area contributed by atoms with Crippen molar-refractivity contribution in [2.24, 2.45) is 0 Å². The fourth-order valence-corrected chi connectivity index (χ4v) is 2.18. The Bertz CT molecular complexity index is 501. The van der Waals surface area contributed by atoms with Gasteiger partial charge in [0.25, 0.3) is 0 Å². The van der Waals surface area contributed by atoms with Crippen LogP contribution in [0.15, 0.2) is 30.5 Å². The molecule has 1 aromatic carbocycles. The second-order valence-corrected chi connectivity index (χ2v) is 4.37. The maximum Gasteiger partial charge on any atom is 0.0649 e. The summed E-state index contributed by atoms with van der Waals surface area (Å²) in [6.45, 7) is 1.94. The number of nitrogens with one attached hydrogen (secondary N) is 1. The Labute approximate surface area is 99.0 Å². The molecule has 0 unspecified atom stereocenters. The van der Waals surface area contributed by atoms with Crippen molar-refractivity contribution in [1.82, 2.24) is 15.1 Å². The summed E-state index contributed by atoms with van der Waals surface area (Å²) >= 11 is 5.88. The molecule has 0 atom stereocenters. The number of benzene rings is 1. The van der Waals surface area contributed by atoms with Crippen LogP contribution in [0.25, 0.3) is 5.69 Å². The molecular formula is C12H12ClN3. The number of fused-ring (bicyclic) bond motifs is 1. The zero-order valence-corrected chi connectivity index (χ0v) is 9.54. The first-order valence-corrected chi connectivity index (χ1v) is 5.75. The van der Waals surface area contributed by atoms with Crippen molar-refractivity contribution in [3.8, 4) is 5.69 Å². The molecule has 82 valence electrons. The van der Waals surface area contributed by atoms with Gasteiger partial charge in [-0.25, -0.2) is 4.68 Å². The van der Waals surface area contributed by atoms with Crippen LogP contribution < -0.4 is 5.32 Å². The zero-order valence-electron chi connectivity index (χ0n) is 8.78. The van der Waals surface area contributed by atoms with Crippen molar-refractivity contribution in [2.75, 3.05) is 6.54 Å². The first-order valence-electron chi connectivity index (χ1n) is 5.37. The molecule has 0 radical (unpaired) electrons. The van der Waals surface area contributed by atoms with Crippen molar-refractivity contribution in [3.05, 3.63) is 46.7 Å². The van der Waals surface area contributed by atoms with Crippen LogP contribution in [0, 0.1) is 0 Å². The SMILES string of the molecule is Clc1ccc(-n2ncc3c2CCNC3)cc1. The van der Waals surface area contributed by atoms with Crippen LogP contribution in [-0.4, -0.2) is 16.3 Å². The third-order valence-corrected chi connectivity index (χ3v) is 3.13. The van der Waals surface area contributed by atoms with Crippen LogP contribution in [0.5, 0.6) is 0 Å². The maximum absolute atomic E-state index is 5.88. The lowest BCUT2D eigenvalue weighted by Crippen LogP contribution is -2.24. The largest absolute Gasteiger partial charge is 0.312 e. The van der Waals surface area contributed by atoms with Gasteiger partial charge in [0.05, 0.1) is 11.9 Å². The molecule has 2 aromatic rings. The molecule has 1 aromatic heterocycles. The number of hydrogen-bond donors (Lipinski definition) is 1. The summed E-state index contributed by atoms with van der Waals surface area (Å²) in [4.78, 5) is 0. The van der Waals surface area contributed by atoms with Crippen LogP contribution in [0.4, 0.5) is 0 Å². The van der Waals surface area contributed by atoms with Gasteiger partial charge in [0, 0.05) is 35.8 Å². The number of aromatic nitrogens is 2. The Morgan fingerprint density at radius 1 is 1.25 bits per heavy atom. The van der Waals surface area contributed by atoms with Gasteiger partial charge >= 0.3 is 0 Å². The molecule has 0 aliphatic carbocycles. The quantitative estimate of drug-likeness (QED) is 0.818. The average molecular weight is 234 g/mol. The van der Waals surface area contributed by atoms with Crippen molar-refractivity contribution in [1.29, 1.82) is 0 Å². The van der Waals surface area contributed by atoms with Crippen LogP contribution in [0.3, 0.4) is 0 Å². The third-order valence-electron chi connectivity index (χ3n) is 2.88. The Balaban J connectivity index is 2.06. The normalized spacial score (nSPS) is 14.8. The highest BCUT2D eigenvalue weighted by Gasteiger charge is 2.15. The fourth-order valence-electron chi connectivity index (χ4n) is 2.06. The molecule has 3 nitrogen and oxygen atoms in total. The Hall–Kier alpha value is -1.32. The van der Waals surface area contributed by atoms with E-state index in [1.807, 2.05) is 35.1 Å². The smallest absolute Gasteiger partial charge is 0.0649 e. The number of halogens is 1. The van der Waals surface area contributed by atoms with Gasteiger partial charge < -0.3 is 5.32 Å². The molecular weight excluding hydrogens is 222 g/mol. The van der Waals surface area contributed by atoms with Crippen molar-refractivity contribution in [3.63, 3.8) is 0 Å². The maximum atomic E-state index is 5.88. The lowest BCUT2D eigenvalue weighted by Gasteiger charge is -2.15. The monoisotopic (exact) mass is 233 g/mol. The number of hydrogen-bond acceptors (Lipinski definition) is 2. The summed E-state index contributed by atoms with van der Waals surface area (Å²) in [6.07, 6.45) is 2.97. The molecule has 0 saturated heterocycles. The van der Waals surface area contributed by atoms with Gasteiger partial charge in [-0.05, 0) is 24.3 Å². The Kier molecular flexibility index (Phi) is 2.42. The van der Waals surface area contributed by atoms with Crippen LogP contribution >= 0.6 is 11.6 Å². The summed E-state index contributed by atoms with van der Waals surface area (Å²) in [5.74, 6) is 0. The van der Waals surface area contributed by atoms with Crippen LogP contribution in [0.1, 0.15) is 11.3 Å². The van der Waals surface area contributed by atoms with Gasteiger partial charge in [-0.3, -0.25) is 0 Å². The van der Waals surface area contributed by atoms with Gasteiger partial charge in [0.1, 0.15) is 0 Å². The minimum absolute atomic E-state index is 0.756. The van der Waals surface area contributed by atoms with Crippen molar-refractivity contribution in [2.45, 2.75) is 13.0 Å². The van der Waals surface area contributed by atoms with Gasteiger partial charge in [-0.15, -0.1) is 0 Å². The zero-order chi connectivity index (χ0) is 11.0. The van der Waals surface area contributed by atoms with E-state index in [0.717, 1.165) is 30.2 Å². The van der Waals surface area contributed by atoms with E-state index >= 15 is 0 Å². The van der Waals surface area contributed by atoms with E-state index in [2.05, 4.69) is 10.4 Å². The molecule has 4 heteroatoms. The average Bonchev–Trinajstić information content (AvgIpc) is 2.74. The summed E-state index contributed by atoms with van der Waals surface area (Å²) in [6, 6.07) is 7.79. The summed E-state index contributed by atoms with van der Waals surface area (Å²) in [5, 5.41) is 8.53. The summed E-state index contributed by atoms with van der Waals surface area (Å²) in [7, 11) is 0. The second-order valence-electron chi connectivity index (χ2n) is 3.93. The lowest BCUT2D eigenvalue weighted by molar-refractivity contribution is 0.623. The van der Waals surface area contributed by atoms with E-state index in [-0.39, 0.29) is 0 Å². The first-order chi connectivity index (χ1) is 7.84. The highest BCUT2D eigenvalue weighted by atomic mass is 35.5. The van der Waals surface area contributed by atoms with Gasteiger partial charge in [0.15, 0.2) is 0 Å². The van der Waals surface area contributed by atoms with Gasteiger partial charge in [-0.2, -0.15) is 5.10 Å². The molecule has 0 bridgehead atoms. The molecule has 1 aliphatic heterocycles. The predicted molar refractivity (Wildman–Crippen MR) is 64.0 cm³/mol.